The predicted octanol–water partition coefficient (Wildman–Crippen LogP) is 1.91. The molecule has 3 nitrogen and oxygen atoms in total. The highest BCUT2D eigenvalue weighted by Crippen LogP contribution is 2.31. The molecule has 0 saturated carbocycles. The lowest BCUT2D eigenvalue weighted by molar-refractivity contribution is 0.363. The van der Waals surface area contributed by atoms with Crippen LogP contribution in [-0.2, 0) is 9.84 Å². The molecule has 5 heteroatoms. The van der Waals surface area contributed by atoms with Gasteiger partial charge in [0.1, 0.15) is 5.82 Å². The zero-order valence-electron chi connectivity index (χ0n) is 10.4. The summed E-state index contributed by atoms with van der Waals surface area (Å²) in [6.45, 7) is 0. The molecule has 18 heavy (non-hydrogen) atoms. The molecule has 2 atom stereocenters. The number of sulfone groups is 1. The molecule has 0 spiro atoms. The molecule has 0 aliphatic carbocycles. The van der Waals surface area contributed by atoms with E-state index in [1.54, 1.807) is 25.2 Å². The summed E-state index contributed by atoms with van der Waals surface area (Å²) >= 11 is 0. The van der Waals surface area contributed by atoms with Gasteiger partial charge in [0.05, 0.1) is 11.5 Å². The summed E-state index contributed by atoms with van der Waals surface area (Å²) < 4.78 is 37.1. The van der Waals surface area contributed by atoms with Crippen LogP contribution in [0.5, 0.6) is 0 Å². The third-order valence-electron chi connectivity index (χ3n) is 3.52. The predicted molar refractivity (Wildman–Crippen MR) is 69.6 cm³/mol. The fourth-order valence-corrected chi connectivity index (χ4v) is 4.48. The van der Waals surface area contributed by atoms with E-state index in [0.29, 0.717) is 12.0 Å². The first kappa shape index (κ1) is 13.5. The molecule has 1 heterocycles. The van der Waals surface area contributed by atoms with Crippen LogP contribution in [0.4, 0.5) is 4.39 Å². The summed E-state index contributed by atoms with van der Waals surface area (Å²) in [4.78, 5) is 0. The third-order valence-corrected chi connectivity index (χ3v) is 5.37. The van der Waals surface area contributed by atoms with Gasteiger partial charge in [-0.3, -0.25) is 0 Å². The van der Waals surface area contributed by atoms with Crippen molar-refractivity contribution in [1.29, 1.82) is 0 Å². The van der Waals surface area contributed by atoms with Gasteiger partial charge in [-0.25, -0.2) is 12.8 Å². The minimum absolute atomic E-state index is 0.0503. The van der Waals surface area contributed by atoms with E-state index in [1.807, 2.05) is 0 Å². The highest BCUT2D eigenvalue weighted by molar-refractivity contribution is 7.91. The van der Waals surface area contributed by atoms with E-state index in [1.165, 1.54) is 6.07 Å². The van der Waals surface area contributed by atoms with Gasteiger partial charge < -0.3 is 5.32 Å². The third kappa shape index (κ3) is 2.90. The van der Waals surface area contributed by atoms with E-state index < -0.39 is 9.84 Å². The minimum atomic E-state index is -2.97. The molecule has 1 aliphatic rings. The first-order valence-electron chi connectivity index (χ1n) is 6.15. The maximum absolute atomic E-state index is 13.8. The number of nitrogens with one attached hydrogen (secondary N) is 1. The quantitative estimate of drug-likeness (QED) is 0.913. The summed E-state index contributed by atoms with van der Waals surface area (Å²) in [7, 11) is -1.22. The lowest BCUT2D eigenvalue weighted by Crippen LogP contribution is -2.35. The molecule has 1 fully saturated rings. The van der Waals surface area contributed by atoms with Crippen molar-refractivity contribution >= 4 is 9.84 Å². The molecule has 1 aromatic rings. The Balaban J connectivity index is 2.26. The lowest BCUT2D eigenvalue weighted by atomic mass is 9.90. The topological polar surface area (TPSA) is 46.2 Å². The van der Waals surface area contributed by atoms with Gasteiger partial charge in [-0.2, -0.15) is 0 Å². The lowest BCUT2D eigenvalue weighted by Gasteiger charge is -2.30. The Labute approximate surface area is 107 Å². The Hall–Kier alpha value is -0.940. The van der Waals surface area contributed by atoms with Crippen LogP contribution in [0.25, 0.3) is 0 Å². The molecule has 1 N–H and O–H groups in total. The smallest absolute Gasteiger partial charge is 0.150 e. The highest BCUT2D eigenvalue weighted by atomic mass is 32.2. The van der Waals surface area contributed by atoms with Gasteiger partial charge in [0.15, 0.2) is 9.84 Å². The van der Waals surface area contributed by atoms with Crippen LogP contribution in [0.15, 0.2) is 24.3 Å². The van der Waals surface area contributed by atoms with Crippen molar-refractivity contribution in [3.8, 4) is 0 Å². The fourth-order valence-electron chi connectivity index (χ4n) is 2.69. The van der Waals surface area contributed by atoms with Crippen LogP contribution in [0, 0.1) is 11.7 Å². The molecule has 0 aromatic heterocycles. The van der Waals surface area contributed by atoms with E-state index in [0.717, 1.165) is 6.42 Å². The van der Waals surface area contributed by atoms with Gasteiger partial charge in [0, 0.05) is 11.6 Å². The maximum atomic E-state index is 13.8. The van der Waals surface area contributed by atoms with Crippen molar-refractivity contribution in [2.24, 2.45) is 5.92 Å². The van der Waals surface area contributed by atoms with Gasteiger partial charge in [-0.05, 0) is 31.9 Å². The average Bonchev–Trinajstić information content (AvgIpc) is 2.31. The van der Waals surface area contributed by atoms with E-state index in [2.05, 4.69) is 5.32 Å². The SMILES string of the molecule is CNC(c1ccccc1F)C1CCCS(=O)(=O)C1. The number of halogens is 1. The largest absolute Gasteiger partial charge is 0.313 e. The Morgan fingerprint density at radius 3 is 2.72 bits per heavy atom. The Bertz CT molecular complexity index is 515. The maximum Gasteiger partial charge on any atom is 0.150 e. The van der Waals surface area contributed by atoms with Crippen molar-refractivity contribution < 1.29 is 12.8 Å². The zero-order chi connectivity index (χ0) is 13.2. The van der Waals surface area contributed by atoms with Crippen molar-refractivity contribution in [2.45, 2.75) is 18.9 Å². The van der Waals surface area contributed by atoms with Crippen LogP contribution in [0.3, 0.4) is 0 Å². The zero-order valence-corrected chi connectivity index (χ0v) is 11.2. The Kier molecular flexibility index (Phi) is 4.02. The second kappa shape index (κ2) is 5.36. The van der Waals surface area contributed by atoms with Crippen LogP contribution in [-0.4, -0.2) is 27.0 Å². The number of hydrogen-bond donors (Lipinski definition) is 1. The van der Waals surface area contributed by atoms with E-state index in [-0.39, 0.29) is 29.3 Å². The monoisotopic (exact) mass is 271 g/mol. The van der Waals surface area contributed by atoms with Crippen LogP contribution in [0.1, 0.15) is 24.4 Å². The number of benzene rings is 1. The standard InChI is InChI=1S/C13H18FNO2S/c1-15-13(11-6-2-3-7-12(11)14)10-5-4-8-18(16,17)9-10/h2-3,6-7,10,13,15H,4-5,8-9H2,1H3. The molecule has 1 aliphatic heterocycles. The highest BCUT2D eigenvalue weighted by Gasteiger charge is 2.31. The first-order valence-corrected chi connectivity index (χ1v) is 7.98. The van der Waals surface area contributed by atoms with Gasteiger partial charge >= 0.3 is 0 Å². The Morgan fingerprint density at radius 2 is 2.11 bits per heavy atom. The molecule has 0 amide bonds. The minimum Gasteiger partial charge on any atom is -0.313 e. The second-order valence-corrected chi connectivity index (χ2v) is 7.03. The molecular formula is C13H18FNO2S. The number of hydrogen-bond acceptors (Lipinski definition) is 3. The molecule has 1 aromatic carbocycles. The molecule has 100 valence electrons. The second-order valence-electron chi connectivity index (χ2n) is 4.80. The van der Waals surface area contributed by atoms with Crippen LogP contribution < -0.4 is 5.32 Å². The summed E-state index contributed by atoms with van der Waals surface area (Å²) in [6, 6.07) is 6.32. The Morgan fingerprint density at radius 1 is 1.39 bits per heavy atom. The number of rotatable bonds is 3. The van der Waals surface area contributed by atoms with E-state index in [9.17, 15) is 12.8 Å². The van der Waals surface area contributed by atoms with Gasteiger partial charge in [-0.1, -0.05) is 18.2 Å². The van der Waals surface area contributed by atoms with Crippen LogP contribution in [0.2, 0.25) is 0 Å². The molecule has 0 radical (unpaired) electrons. The normalized spacial score (nSPS) is 24.7. The van der Waals surface area contributed by atoms with Gasteiger partial charge in [0.2, 0.25) is 0 Å². The summed E-state index contributed by atoms with van der Waals surface area (Å²) in [5.41, 5.74) is 0.558. The fraction of sp³-hybridized carbons (Fsp3) is 0.538. The summed E-state index contributed by atoms with van der Waals surface area (Å²) in [5, 5.41) is 3.06. The van der Waals surface area contributed by atoms with Crippen molar-refractivity contribution in [2.75, 3.05) is 18.6 Å². The van der Waals surface area contributed by atoms with Crippen LogP contribution >= 0.6 is 0 Å². The van der Waals surface area contributed by atoms with E-state index >= 15 is 0 Å². The molecule has 1 saturated heterocycles. The van der Waals surface area contributed by atoms with Gasteiger partial charge in [0.25, 0.3) is 0 Å². The molecule has 2 rings (SSSR count). The van der Waals surface area contributed by atoms with Gasteiger partial charge in [-0.15, -0.1) is 0 Å². The van der Waals surface area contributed by atoms with Crippen molar-refractivity contribution in [1.82, 2.24) is 5.32 Å². The van der Waals surface area contributed by atoms with Crippen molar-refractivity contribution in [3.63, 3.8) is 0 Å². The molecular weight excluding hydrogens is 253 g/mol. The average molecular weight is 271 g/mol. The molecule has 0 bridgehead atoms. The summed E-state index contributed by atoms with van der Waals surface area (Å²) in [5.74, 6) is 0.0785. The molecule has 2 unspecified atom stereocenters. The van der Waals surface area contributed by atoms with E-state index in [4.69, 9.17) is 0 Å². The van der Waals surface area contributed by atoms with Crippen molar-refractivity contribution in [3.05, 3.63) is 35.6 Å². The summed E-state index contributed by atoms with van der Waals surface area (Å²) in [6.07, 6.45) is 1.48. The first-order chi connectivity index (χ1) is 8.53.